The van der Waals surface area contributed by atoms with Gasteiger partial charge in [0.15, 0.2) is 5.78 Å². The van der Waals surface area contributed by atoms with Crippen LogP contribution in [0.3, 0.4) is 0 Å². The number of hydrogen-bond donors (Lipinski definition) is 2. The smallest absolute Gasteiger partial charge is 0.315 e. The van der Waals surface area contributed by atoms with Crippen LogP contribution in [0, 0.1) is 5.92 Å². The number of benzene rings is 2. The molecule has 0 spiro atoms. The molecule has 1 aliphatic heterocycles. The van der Waals surface area contributed by atoms with Crippen molar-refractivity contribution in [3.05, 3.63) is 89.3 Å². The Morgan fingerprint density at radius 2 is 1.83 bits per heavy atom. The van der Waals surface area contributed by atoms with E-state index in [1.165, 1.54) is 0 Å². The van der Waals surface area contributed by atoms with E-state index in [2.05, 4.69) is 11.9 Å². The Kier molecular flexibility index (Phi) is 5.70. The highest BCUT2D eigenvalue weighted by molar-refractivity contribution is 6.00. The lowest BCUT2D eigenvalue weighted by molar-refractivity contribution is -0.147. The van der Waals surface area contributed by atoms with Crippen LogP contribution in [-0.2, 0) is 20.7 Å². The molecular formula is C25H25NO4. The number of carbonyl (C=O) groups is 2. The van der Waals surface area contributed by atoms with Gasteiger partial charge in [-0.15, -0.1) is 0 Å². The normalized spacial score (nSPS) is 21.1. The molecule has 5 nitrogen and oxygen atoms in total. The number of phenols is 1. The molecule has 2 atom stereocenters. The minimum Gasteiger partial charge on any atom is -0.508 e. The van der Waals surface area contributed by atoms with Crippen molar-refractivity contribution in [3.63, 3.8) is 0 Å². The van der Waals surface area contributed by atoms with E-state index >= 15 is 0 Å². The lowest BCUT2D eigenvalue weighted by Gasteiger charge is -2.38. The standard InChI is InChI=1S/C25H25NO4/c1-16-22(25(29)30-15-14-17-6-3-2-4-7-17)23(18-10-12-19(27)13-11-18)24-20(26-16)8-5-9-21(24)28/h2-4,6-7,10-13,22-23,26-27H,1,5,8-9,14-15H2. The number of carbonyl (C=O) groups excluding carboxylic acids is 2. The molecule has 1 heterocycles. The Balaban J connectivity index is 1.61. The SMILES string of the molecule is C=C1NC2=C(C(=O)CCC2)C(c2ccc(O)cc2)C1C(=O)OCCc1ccccc1. The molecule has 2 N–H and O–H groups in total. The number of hydrogen-bond acceptors (Lipinski definition) is 5. The number of ketones is 1. The summed E-state index contributed by atoms with van der Waals surface area (Å²) < 4.78 is 5.62. The van der Waals surface area contributed by atoms with Gasteiger partial charge < -0.3 is 15.2 Å². The molecule has 154 valence electrons. The summed E-state index contributed by atoms with van der Waals surface area (Å²) in [5.74, 6) is -1.38. The van der Waals surface area contributed by atoms with E-state index in [4.69, 9.17) is 4.74 Å². The molecule has 1 aliphatic carbocycles. The van der Waals surface area contributed by atoms with Crippen molar-refractivity contribution < 1.29 is 19.4 Å². The number of allylic oxidation sites excluding steroid dienone is 2. The van der Waals surface area contributed by atoms with Gasteiger partial charge in [-0.3, -0.25) is 9.59 Å². The van der Waals surface area contributed by atoms with E-state index in [0.717, 1.165) is 29.7 Å². The van der Waals surface area contributed by atoms with E-state index in [1.807, 2.05) is 30.3 Å². The fourth-order valence-corrected chi connectivity index (χ4v) is 4.32. The molecule has 2 aromatic carbocycles. The minimum atomic E-state index is -0.703. The summed E-state index contributed by atoms with van der Waals surface area (Å²) >= 11 is 0. The summed E-state index contributed by atoms with van der Waals surface area (Å²) in [6.07, 6.45) is 2.63. The van der Waals surface area contributed by atoms with Crippen LogP contribution in [0.5, 0.6) is 5.75 Å². The molecular weight excluding hydrogens is 378 g/mol. The van der Waals surface area contributed by atoms with Crippen molar-refractivity contribution >= 4 is 11.8 Å². The molecule has 0 saturated heterocycles. The second kappa shape index (κ2) is 8.57. The number of esters is 1. The van der Waals surface area contributed by atoms with E-state index in [9.17, 15) is 14.7 Å². The van der Waals surface area contributed by atoms with Gasteiger partial charge >= 0.3 is 5.97 Å². The summed E-state index contributed by atoms with van der Waals surface area (Å²) in [6, 6.07) is 16.5. The first-order valence-electron chi connectivity index (χ1n) is 10.3. The largest absolute Gasteiger partial charge is 0.508 e. The fourth-order valence-electron chi connectivity index (χ4n) is 4.32. The summed E-state index contributed by atoms with van der Waals surface area (Å²) in [5, 5.41) is 12.9. The van der Waals surface area contributed by atoms with Crippen molar-refractivity contribution in [1.29, 1.82) is 0 Å². The van der Waals surface area contributed by atoms with Gasteiger partial charge in [0.25, 0.3) is 0 Å². The van der Waals surface area contributed by atoms with Crippen LogP contribution in [0.1, 0.15) is 36.3 Å². The highest BCUT2D eigenvalue weighted by Gasteiger charge is 2.43. The van der Waals surface area contributed by atoms with Crippen LogP contribution in [0.2, 0.25) is 0 Å². The quantitative estimate of drug-likeness (QED) is 0.738. The van der Waals surface area contributed by atoms with E-state index in [-0.39, 0.29) is 18.1 Å². The number of phenolic OH excluding ortho intramolecular Hbond substituents is 1. The Morgan fingerprint density at radius 1 is 1.10 bits per heavy atom. The number of aromatic hydroxyl groups is 1. The summed E-state index contributed by atoms with van der Waals surface area (Å²) in [7, 11) is 0. The van der Waals surface area contributed by atoms with Crippen LogP contribution in [0.4, 0.5) is 0 Å². The fraction of sp³-hybridized carbons (Fsp3) is 0.280. The maximum atomic E-state index is 13.1. The second-order valence-corrected chi connectivity index (χ2v) is 7.77. The van der Waals surface area contributed by atoms with Crippen molar-refractivity contribution in [2.75, 3.05) is 6.61 Å². The van der Waals surface area contributed by atoms with Crippen LogP contribution < -0.4 is 5.32 Å². The number of rotatable bonds is 5. The van der Waals surface area contributed by atoms with Gasteiger partial charge in [-0.25, -0.2) is 0 Å². The maximum absolute atomic E-state index is 13.1. The third-order valence-electron chi connectivity index (χ3n) is 5.77. The molecule has 4 rings (SSSR count). The zero-order valence-electron chi connectivity index (χ0n) is 16.8. The van der Waals surface area contributed by atoms with Crippen molar-refractivity contribution in [1.82, 2.24) is 5.32 Å². The maximum Gasteiger partial charge on any atom is 0.315 e. The highest BCUT2D eigenvalue weighted by atomic mass is 16.5. The van der Waals surface area contributed by atoms with Gasteiger partial charge in [-0.2, -0.15) is 0 Å². The highest BCUT2D eigenvalue weighted by Crippen LogP contribution is 2.44. The van der Waals surface area contributed by atoms with E-state index < -0.39 is 17.8 Å². The molecule has 5 heteroatoms. The van der Waals surface area contributed by atoms with Gasteiger partial charge in [-0.1, -0.05) is 49.0 Å². The van der Waals surface area contributed by atoms with Gasteiger partial charge in [0.1, 0.15) is 11.7 Å². The van der Waals surface area contributed by atoms with Crippen LogP contribution in [0.15, 0.2) is 78.1 Å². The van der Waals surface area contributed by atoms with Crippen LogP contribution in [-0.4, -0.2) is 23.5 Å². The van der Waals surface area contributed by atoms with Crippen molar-refractivity contribution in [3.8, 4) is 5.75 Å². The Morgan fingerprint density at radius 3 is 2.57 bits per heavy atom. The Labute approximate surface area is 176 Å². The molecule has 0 amide bonds. The lowest BCUT2D eigenvalue weighted by atomic mass is 9.71. The molecule has 0 aromatic heterocycles. The minimum absolute atomic E-state index is 0.0522. The third-order valence-corrected chi connectivity index (χ3v) is 5.77. The zero-order chi connectivity index (χ0) is 21.1. The first kappa shape index (κ1) is 20.0. The van der Waals surface area contributed by atoms with Gasteiger partial charge in [0.2, 0.25) is 0 Å². The zero-order valence-corrected chi connectivity index (χ0v) is 16.8. The van der Waals surface area contributed by atoms with Gasteiger partial charge in [0, 0.05) is 35.7 Å². The van der Waals surface area contributed by atoms with Crippen molar-refractivity contribution in [2.24, 2.45) is 5.92 Å². The molecule has 2 aliphatic rings. The first-order chi connectivity index (χ1) is 14.5. The number of nitrogens with one attached hydrogen (secondary N) is 1. The average Bonchev–Trinajstić information content (AvgIpc) is 2.74. The molecule has 2 unspecified atom stereocenters. The third kappa shape index (κ3) is 4.01. The second-order valence-electron chi connectivity index (χ2n) is 7.77. The van der Waals surface area contributed by atoms with Crippen LogP contribution >= 0.6 is 0 Å². The Bertz CT molecular complexity index is 992. The van der Waals surface area contributed by atoms with Gasteiger partial charge in [0.05, 0.1) is 6.61 Å². The van der Waals surface area contributed by atoms with Crippen molar-refractivity contribution in [2.45, 2.75) is 31.6 Å². The summed E-state index contributed by atoms with van der Waals surface area (Å²) in [4.78, 5) is 25.9. The van der Waals surface area contributed by atoms with E-state index in [1.54, 1.807) is 24.3 Å². The van der Waals surface area contributed by atoms with E-state index in [0.29, 0.717) is 24.1 Å². The van der Waals surface area contributed by atoms with Gasteiger partial charge in [-0.05, 0) is 36.1 Å². The monoisotopic (exact) mass is 403 g/mol. The molecule has 30 heavy (non-hydrogen) atoms. The molecule has 0 bridgehead atoms. The number of ether oxygens (including phenoxy) is 1. The summed E-state index contributed by atoms with van der Waals surface area (Å²) in [5.41, 5.74) is 3.93. The predicted molar refractivity (Wildman–Crippen MR) is 114 cm³/mol. The first-order valence-corrected chi connectivity index (χ1v) is 10.3. The lowest BCUT2D eigenvalue weighted by Crippen LogP contribution is -2.41. The molecule has 0 saturated carbocycles. The molecule has 2 aromatic rings. The predicted octanol–water partition coefficient (Wildman–Crippen LogP) is 4.00. The molecule has 0 fully saturated rings. The van der Waals surface area contributed by atoms with Crippen LogP contribution in [0.25, 0.3) is 0 Å². The Hall–Kier alpha value is -3.34. The number of Topliss-reactive ketones (excluding diaryl/α,β-unsaturated/α-hetero) is 1. The molecule has 0 radical (unpaired) electrons. The average molecular weight is 403 g/mol. The topological polar surface area (TPSA) is 75.6 Å². The summed E-state index contributed by atoms with van der Waals surface area (Å²) in [6.45, 7) is 4.34.